The molecule has 0 atom stereocenters. The van der Waals surface area contributed by atoms with Crippen LogP contribution in [0.25, 0.3) is 0 Å². The molecule has 28 heavy (non-hydrogen) atoms. The van der Waals surface area contributed by atoms with Crippen molar-refractivity contribution in [2.24, 2.45) is 22.6 Å². The first kappa shape index (κ1) is 26.5. The third kappa shape index (κ3) is 8.57. The number of nitro groups is 2. The van der Waals surface area contributed by atoms with Crippen LogP contribution in [0.3, 0.4) is 0 Å². The summed E-state index contributed by atoms with van der Waals surface area (Å²) in [7, 11) is 0. The van der Waals surface area contributed by atoms with Gasteiger partial charge in [-0.15, -0.1) is 0 Å². The van der Waals surface area contributed by atoms with Crippen molar-refractivity contribution in [2.45, 2.75) is 13.8 Å². The van der Waals surface area contributed by atoms with Crippen LogP contribution in [-0.2, 0) is 0 Å². The van der Waals surface area contributed by atoms with Crippen molar-refractivity contribution in [2.75, 3.05) is 0 Å². The molecule has 0 aromatic heterocycles. The van der Waals surface area contributed by atoms with Crippen LogP contribution in [-0.4, -0.2) is 26.8 Å². The summed E-state index contributed by atoms with van der Waals surface area (Å²) in [5, 5.41) is 24.1. The molecule has 0 bridgehead atoms. The van der Waals surface area contributed by atoms with Crippen LogP contribution < -0.4 is 17.5 Å². The van der Waals surface area contributed by atoms with Crippen LogP contribution >= 0.6 is 0 Å². The van der Waals surface area contributed by atoms with E-state index in [0.29, 0.717) is 16.8 Å². The van der Waals surface area contributed by atoms with Crippen LogP contribution in [0.1, 0.15) is 29.8 Å². The van der Waals surface area contributed by atoms with Gasteiger partial charge in [0.05, 0.1) is 15.6 Å². The van der Waals surface area contributed by atoms with Crippen LogP contribution in [0.2, 0.25) is 0 Å². The minimum Gasteiger partial charge on any atom is -0.412 e. The lowest BCUT2D eigenvalue weighted by Gasteiger charge is -1.97. The number of hydrogen-bond donors (Lipinski definition) is 3. The molecule has 0 fully saturated rings. The molecule has 0 aliphatic heterocycles. The Hall–Kier alpha value is -3.74. The molecule has 0 aliphatic rings. The minimum atomic E-state index is -0.521. The Morgan fingerprint density at radius 1 is 0.893 bits per heavy atom. The van der Waals surface area contributed by atoms with Gasteiger partial charge in [0.1, 0.15) is 0 Å². The van der Waals surface area contributed by atoms with Crippen molar-refractivity contribution in [3.63, 3.8) is 0 Å². The lowest BCUT2D eigenvalue weighted by atomic mass is 10.1. The van der Waals surface area contributed by atoms with Gasteiger partial charge in [0.15, 0.2) is 5.78 Å². The zero-order valence-electron chi connectivity index (χ0n) is 15.2. The maximum atomic E-state index is 10.8. The second-order valence-electron chi connectivity index (χ2n) is 4.89. The van der Waals surface area contributed by atoms with Crippen LogP contribution in [0.4, 0.5) is 11.4 Å². The van der Waals surface area contributed by atoms with Gasteiger partial charge in [0.25, 0.3) is 11.4 Å². The summed E-state index contributed by atoms with van der Waals surface area (Å²) in [6.07, 6.45) is 0. The van der Waals surface area contributed by atoms with E-state index in [9.17, 15) is 25.0 Å². The van der Waals surface area contributed by atoms with Gasteiger partial charge >= 0.3 is 0 Å². The van der Waals surface area contributed by atoms with Gasteiger partial charge in [-0.3, -0.25) is 36.7 Å². The van der Waals surface area contributed by atoms with E-state index in [-0.39, 0.29) is 22.6 Å². The highest BCUT2D eigenvalue weighted by Gasteiger charge is 2.07. The molecule has 8 N–H and O–H groups in total. The van der Waals surface area contributed by atoms with E-state index < -0.39 is 9.85 Å². The first-order chi connectivity index (χ1) is 12.8. The average molecular weight is 394 g/mol. The predicted octanol–water partition coefficient (Wildman–Crippen LogP) is 1.07. The highest BCUT2D eigenvalue weighted by Crippen LogP contribution is 2.14. The first-order valence-corrected chi connectivity index (χ1v) is 7.34. The number of hydrogen-bond acceptors (Lipinski definition) is 9. The van der Waals surface area contributed by atoms with E-state index in [1.807, 2.05) is 0 Å². The Balaban J connectivity index is 0. The Labute approximate surface area is 160 Å². The zero-order chi connectivity index (χ0) is 21.0. The largest absolute Gasteiger partial charge is 0.412 e. The number of rotatable bonds is 4. The monoisotopic (exact) mass is 394 g/mol. The molecule has 12 heteroatoms. The Bertz CT molecular complexity index is 811. The van der Waals surface area contributed by atoms with Crippen molar-refractivity contribution in [3.8, 4) is 0 Å². The zero-order valence-corrected chi connectivity index (χ0v) is 15.2. The van der Waals surface area contributed by atoms with E-state index in [4.69, 9.17) is 5.84 Å². The highest BCUT2D eigenvalue weighted by atomic mass is 16.6. The minimum absolute atomic E-state index is 0. The van der Waals surface area contributed by atoms with E-state index in [1.165, 1.54) is 37.3 Å². The van der Waals surface area contributed by atoms with Crippen molar-refractivity contribution in [1.29, 1.82) is 0 Å². The van der Waals surface area contributed by atoms with Crippen LogP contribution in [0.5, 0.6) is 0 Å². The van der Waals surface area contributed by atoms with E-state index in [1.54, 1.807) is 25.1 Å². The van der Waals surface area contributed by atoms with Gasteiger partial charge in [-0.05, 0) is 13.8 Å². The topological polar surface area (TPSA) is 225 Å². The highest BCUT2D eigenvalue weighted by molar-refractivity contribution is 5.98. The molecular weight excluding hydrogens is 372 g/mol. The third-order valence-electron chi connectivity index (χ3n) is 3.13. The Morgan fingerprint density at radius 3 is 1.64 bits per heavy atom. The molecule has 2 aromatic rings. The smallest absolute Gasteiger partial charge is 0.270 e. The molecule has 0 radical (unpaired) electrons. The number of nitro benzene ring substituents is 2. The molecule has 152 valence electrons. The standard InChI is InChI=1S/C8H9N3O2.C8H7NO3.H4N2.H2O/c1-6(10-9)7-3-2-4-8(5-7)11(12)13;1-6(10)7-3-2-4-8(5-7)9(11)12;1-2;/h2-5H,9H2,1H3;2-5H,1H3;1-2H2;1H2. The molecule has 0 saturated carbocycles. The van der Waals surface area contributed by atoms with E-state index in [2.05, 4.69) is 16.8 Å². The summed E-state index contributed by atoms with van der Waals surface area (Å²) < 4.78 is 0. The molecule has 0 spiro atoms. The van der Waals surface area contributed by atoms with E-state index in [0.717, 1.165) is 0 Å². The molecule has 0 heterocycles. The summed E-state index contributed by atoms with van der Waals surface area (Å²) in [6.45, 7) is 3.07. The van der Waals surface area contributed by atoms with Crippen LogP contribution in [0, 0.1) is 20.2 Å². The Morgan fingerprint density at radius 2 is 1.29 bits per heavy atom. The number of hydrazine groups is 1. The van der Waals surface area contributed by atoms with E-state index >= 15 is 0 Å². The van der Waals surface area contributed by atoms with Gasteiger partial charge in [-0.2, -0.15) is 5.10 Å². The molecule has 0 saturated heterocycles. The maximum Gasteiger partial charge on any atom is 0.270 e. The molecule has 12 nitrogen and oxygen atoms in total. The van der Waals surface area contributed by atoms with Crippen LogP contribution in [0.15, 0.2) is 53.6 Å². The van der Waals surface area contributed by atoms with Gasteiger partial charge in [0, 0.05) is 35.4 Å². The third-order valence-corrected chi connectivity index (χ3v) is 3.13. The summed E-state index contributed by atoms with van der Waals surface area (Å²) in [6, 6.07) is 11.8. The fraction of sp³-hybridized carbons (Fsp3) is 0.125. The number of nitrogens with two attached hydrogens (primary N) is 3. The van der Waals surface area contributed by atoms with Crippen molar-refractivity contribution < 1.29 is 20.1 Å². The number of Topliss-reactive ketones (excluding diaryl/α,β-unsaturated/α-hetero) is 1. The maximum absolute atomic E-state index is 10.8. The molecule has 2 rings (SSSR count). The van der Waals surface area contributed by atoms with Crippen molar-refractivity contribution in [1.82, 2.24) is 0 Å². The van der Waals surface area contributed by atoms with Crippen molar-refractivity contribution in [3.05, 3.63) is 79.9 Å². The number of hydrazone groups is 1. The van der Waals surface area contributed by atoms with Gasteiger partial charge in [-0.1, -0.05) is 24.3 Å². The quantitative estimate of drug-likeness (QED) is 0.223. The molecule has 0 amide bonds. The number of benzene rings is 2. The predicted molar refractivity (Wildman–Crippen MR) is 105 cm³/mol. The fourth-order valence-corrected chi connectivity index (χ4v) is 1.76. The lowest BCUT2D eigenvalue weighted by Crippen LogP contribution is -2.02. The number of nitrogens with zero attached hydrogens (tertiary/aromatic N) is 3. The van der Waals surface area contributed by atoms with Gasteiger partial charge < -0.3 is 11.3 Å². The lowest BCUT2D eigenvalue weighted by molar-refractivity contribution is -0.385. The summed E-state index contributed by atoms with van der Waals surface area (Å²) in [5.41, 5.74) is 1.59. The van der Waals surface area contributed by atoms with Crippen molar-refractivity contribution >= 4 is 22.9 Å². The normalized spacial score (nSPS) is 9.50. The SMILES string of the molecule is CC(=NN)c1cccc([N+](=O)[O-])c1.CC(=O)c1cccc([N+](=O)[O-])c1.NN.O. The second-order valence-corrected chi connectivity index (χ2v) is 4.89. The summed E-state index contributed by atoms with van der Waals surface area (Å²) in [5.74, 6) is 12.9. The Kier molecular flexibility index (Phi) is 12.7. The summed E-state index contributed by atoms with van der Waals surface area (Å²) in [4.78, 5) is 30.5. The van der Waals surface area contributed by atoms with Gasteiger partial charge in [-0.25, -0.2) is 0 Å². The fourth-order valence-electron chi connectivity index (χ4n) is 1.76. The molecule has 2 aromatic carbocycles. The van der Waals surface area contributed by atoms with Gasteiger partial charge in [0.2, 0.25) is 0 Å². The number of carbonyl (C=O) groups excluding carboxylic acids is 1. The summed E-state index contributed by atoms with van der Waals surface area (Å²) >= 11 is 0. The first-order valence-electron chi connectivity index (χ1n) is 7.34. The molecule has 0 unspecified atom stereocenters. The average Bonchev–Trinajstić information content (AvgIpc) is 2.69. The molecule has 0 aliphatic carbocycles. The molecular formula is C16H22N6O6. The number of ketones is 1. The number of carbonyl (C=O) groups is 1. The number of non-ortho nitro benzene ring substituents is 2. The second kappa shape index (κ2) is 13.5.